The van der Waals surface area contributed by atoms with Crippen LogP contribution in [0.15, 0.2) is 23.3 Å². The molecule has 0 radical (unpaired) electrons. The van der Waals surface area contributed by atoms with E-state index in [4.69, 9.17) is 4.74 Å². The molecule has 3 unspecified atom stereocenters. The Kier molecular flexibility index (Phi) is 5.35. The minimum Gasteiger partial charge on any atom is -0.393 e. The van der Waals surface area contributed by atoms with Crippen LogP contribution >= 0.6 is 0 Å². The summed E-state index contributed by atoms with van der Waals surface area (Å²) in [7, 11) is 0. The third-order valence-electron chi connectivity index (χ3n) is 8.90. The van der Waals surface area contributed by atoms with Gasteiger partial charge in [-0.25, -0.2) is 0 Å². The standard InChI is InChI=1S/C25H40O2/c1-17(2)11-14-27-16-19-6-8-22-21-7-5-18-15-20(26)9-12-24(18,3)23(21)10-13-25(19,22)4/h5,7,17,19-20,22-23,26H,6,8-16H2,1-4H3/t19?,20-,22?,23?,24-,25+/m0/s1. The molecule has 4 aliphatic rings. The van der Waals surface area contributed by atoms with Gasteiger partial charge in [-0.3, -0.25) is 0 Å². The van der Waals surface area contributed by atoms with Crippen molar-refractivity contribution in [1.29, 1.82) is 0 Å². The van der Waals surface area contributed by atoms with Gasteiger partial charge < -0.3 is 9.84 Å². The van der Waals surface area contributed by atoms with Crippen LogP contribution in [-0.4, -0.2) is 24.4 Å². The SMILES string of the molecule is CC(C)CCOCC1CCC2C3=CC=C4C[C@@H](O)CC[C@]4(C)C3CC[C@]12C. The predicted octanol–water partition coefficient (Wildman–Crippen LogP) is 5.91. The zero-order chi connectivity index (χ0) is 19.2. The van der Waals surface area contributed by atoms with Gasteiger partial charge in [-0.2, -0.15) is 0 Å². The smallest absolute Gasteiger partial charge is 0.0578 e. The first-order valence-corrected chi connectivity index (χ1v) is 11.5. The molecule has 0 aromatic rings. The monoisotopic (exact) mass is 372 g/mol. The second-order valence-electron chi connectivity index (χ2n) is 10.9. The molecule has 0 aromatic heterocycles. The number of aliphatic hydroxyl groups is 1. The molecule has 2 nitrogen and oxygen atoms in total. The van der Waals surface area contributed by atoms with E-state index in [1.54, 1.807) is 5.57 Å². The molecule has 3 fully saturated rings. The maximum absolute atomic E-state index is 10.1. The number of allylic oxidation sites excluding steroid dienone is 3. The molecule has 0 aromatic carbocycles. The summed E-state index contributed by atoms with van der Waals surface area (Å²) in [5.74, 6) is 2.92. The molecule has 6 atom stereocenters. The highest BCUT2D eigenvalue weighted by Crippen LogP contribution is 2.64. The largest absolute Gasteiger partial charge is 0.393 e. The van der Waals surface area contributed by atoms with Crippen LogP contribution < -0.4 is 0 Å². The molecule has 27 heavy (non-hydrogen) atoms. The van der Waals surface area contributed by atoms with E-state index in [-0.39, 0.29) is 6.10 Å². The molecule has 152 valence electrons. The third kappa shape index (κ3) is 3.35. The first-order valence-electron chi connectivity index (χ1n) is 11.5. The van der Waals surface area contributed by atoms with E-state index >= 15 is 0 Å². The van der Waals surface area contributed by atoms with Crippen molar-refractivity contribution >= 4 is 0 Å². The number of ether oxygens (including phenoxy) is 1. The first-order chi connectivity index (χ1) is 12.8. The van der Waals surface area contributed by atoms with Gasteiger partial charge in [-0.15, -0.1) is 0 Å². The summed E-state index contributed by atoms with van der Waals surface area (Å²) >= 11 is 0. The van der Waals surface area contributed by atoms with Gasteiger partial charge in [0.25, 0.3) is 0 Å². The average molecular weight is 373 g/mol. The van der Waals surface area contributed by atoms with Crippen molar-refractivity contribution in [2.75, 3.05) is 13.2 Å². The van der Waals surface area contributed by atoms with Crippen molar-refractivity contribution in [2.45, 2.75) is 85.2 Å². The Bertz CT molecular complexity index is 618. The van der Waals surface area contributed by atoms with E-state index in [0.29, 0.717) is 16.7 Å². The van der Waals surface area contributed by atoms with E-state index < -0.39 is 0 Å². The van der Waals surface area contributed by atoms with Crippen LogP contribution in [0.25, 0.3) is 0 Å². The summed E-state index contributed by atoms with van der Waals surface area (Å²) < 4.78 is 6.14. The van der Waals surface area contributed by atoms with Gasteiger partial charge in [0.05, 0.1) is 6.10 Å². The Balaban J connectivity index is 1.49. The minimum absolute atomic E-state index is 0.119. The summed E-state index contributed by atoms with van der Waals surface area (Å²) in [6.45, 7) is 11.5. The molecule has 2 heteroatoms. The highest BCUT2D eigenvalue weighted by molar-refractivity contribution is 5.38. The first kappa shape index (κ1) is 19.7. The lowest BCUT2D eigenvalue weighted by molar-refractivity contribution is 0.00884. The zero-order valence-electron chi connectivity index (χ0n) is 18.0. The normalized spacial score (nSPS) is 43.6. The van der Waals surface area contributed by atoms with Crippen LogP contribution in [0.3, 0.4) is 0 Å². The summed E-state index contributed by atoms with van der Waals surface area (Å²) in [5.41, 5.74) is 3.99. The Labute approximate surface area is 166 Å². The number of aliphatic hydroxyl groups excluding tert-OH is 1. The van der Waals surface area contributed by atoms with Crippen LogP contribution in [0, 0.1) is 34.5 Å². The second-order valence-corrected chi connectivity index (χ2v) is 10.9. The number of hydrogen-bond acceptors (Lipinski definition) is 2. The molecule has 0 spiro atoms. The molecule has 4 aliphatic carbocycles. The van der Waals surface area contributed by atoms with E-state index in [1.807, 2.05) is 0 Å². The molecule has 0 saturated heterocycles. The number of hydrogen-bond donors (Lipinski definition) is 1. The van der Waals surface area contributed by atoms with E-state index in [0.717, 1.165) is 50.2 Å². The number of fused-ring (bicyclic) bond motifs is 5. The highest BCUT2D eigenvalue weighted by Gasteiger charge is 2.56. The van der Waals surface area contributed by atoms with Gasteiger partial charge >= 0.3 is 0 Å². The molecular formula is C25H40O2. The lowest BCUT2D eigenvalue weighted by atomic mass is 9.50. The van der Waals surface area contributed by atoms with Crippen molar-refractivity contribution in [3.05, 3.63) is 23.3 Å². The van der Waals surface area contributed by atoms with Gasteiger partial charge in [0, 0.05) is 13.2 Å². The molecule has 1 N–H and O–H groups in total. The van der Waals surface area contributed by atoms with Crippen LogP contribution in [0.4, 0.5) is 0 Å². The maximum Gasteiger partial charge on any atom is 0.0578 e. The number of rotatable bonds is 5. The fourth-order valence-electron chi connectivity index (χ4n) is 6.91. The van der Waals surface area contributed by atoms with Crippen molar-refractivity contribution in [2.24, 2.45) is 34.5 Å². The van der Waals surface area contributed by atoms with Gasteiger partial charge in [-0.05, 0) is 85.9 Å². The summed E-state index contributed by atoms with van der Waals surface area (Å²) in [6, 6.07) is 0. The summed E-state index contributed by atoms with van der Waals surface area (Å²) in [5, 5.41) is 10.1. The Hall–Kier alpha value is -0.600. The van der Waals surface area contributed by atoms with Gasteiger partial charge in [0.2, 0.25) is 0 Å². The van der Waals surface area contributed by atoms with Gasteiger partial charge in [-0.1, -0.05) is 51.0 Å². The van der Waals surface area contributed by atoms with Crippen molar-refractivity contribution < 1.29 is 9.84 Å². The topological polar surface area (TPSA) is 29.5 Å². The van der Waals surface area contributed by atoms with Gasteiger partial charge in [0.1, 0.15) is 0 Å². The Morgan fingerprint density at radius 3 is 2.67 bits per heavy atom. The molecule has 3 saturated carbocycles. The highest BCUT2D eigenvalue weighted by atomic mass is 16.5. The van der Waals surface area contributed by atoms with Crippen LogP contribution in [0.2, 0.25) is 0 Å². The minimum atomic E-state index is -0.119. The summed E-state index contributed by atoms with van der Waals surface area (Å²) in [6.07, 6.45) is 14.3. The van der Waals surface area contributed by atoms with Crippen LogP contribution in [-0.2, 0) is 4.74 Å². The van der Waals surface area contributed by atoms with Crippen molar-refractivity contribution in [3.8, 4) is 0 Å². The fraction of sp³-hybridized carbons (Fsp3) is 0.840. The molecule has 4 rings (SSSR count). The quantitative estimate of drug-likeness (QED) is 0.608. The lowest BCUT2D eigenvalue weighted by Crippen LogP contribution is -2.46. The van der Waals surface area contributed by atoms with E-state index in [1.165, 1.54) is 37.7 Å². The fourth-order valence-corrected chi connectivity index (χ4v) is 6.91. The third-order valence-corrected chi connectivity index (χ3v) is 8.90. The van der Waals surface area contributed by atoms with Crippen molar-refractivity contribution in [3.63, 3.8) is 0 Å². The maximum atomic E-state index is 10.1. The van der Waals surface area contributed by atoms with E-state index in [9.17, 15) is 5.11 Å². The molecule has 0 bridgehead atoms. The molecule has 0 aliphatic heterocycles. The molecular weight excluding hydrogens is 332 g/mol. The zero-order valence-corrected chi connectivity index (χ0v) is 18.0. The van der Waals surface area contributed by atoms with E-state index in [2.05, 4.69) is 39.8 Å². The van der Waals surface area contributed by atoms with Crippen LogP contribution in [0.1, 0.15) is 79.1 Å². The molecule has 0 amide bonds. The van der Waals surface area contributed by atoms with Crippen LogP contribution in [0.5, 0.6) is 0 Å². The van der Waals surface area contributed by atoms with Crippen molar-refractivity contribution in [1.82, 2.24) is 0 Å². The summed E-state index contributed by atoms with van der Waals surface area (Å²) in [4.78, 5) is 0. The lowest BCUT2D eigenvalue weighted by Gasteiger charge is -2.54. The Morgan fingerprint density at radius 2 is 1.89 bits per heavy atom. The predicted molar refractivity (Wildman–Crippen MR) is 111 cm³/mol. The second kappa shape index (κ2) is 7.34. The Morgan fingerprint density at radius 1 is 1.07 bits per heavy atom. The van der Waals surface area contributed by atoms with Gasteiger partial charge in [0.15, 0.2) is 0 Å². The average Bonchev–Trinajstić information content (AvgIpc) is 2.96. The molecule has 0 heterocycles.